The highest BCUT2D eigenvalue weighted by Gasteiger charge is 2.22. The van der Waals surface area contributed by atoms with Crippen LogP contribution in [0.1, 0.15) is 62.8 Å². The molecule has 0 amide bonds. The van der Waals surface area contributed by atoms with Gasteiger partial charge in [0.2, 0.25) is 0 Å². The summed E-state index contributed by atoms with van der Waals surface area (Å²) in [5.74, 6) is 2.11. The van der Waals surface area contributed by atoms with E-state index in [1.165, 1.54) is 36.8 Å². The molecule has 0 N–H and O–H groups in total. The van der Waals surface area contributed by atoms with Gasteiger partial charge in [0.1, 0.15) is 5.82 Å². The Morgan fingerprint density at radius 2 is 1.68 bits per heavy atom. The summed E-state index contributed by atoms with van der Waals surface area (Å²) in [5, 5.41) is 0. The highest BCUT2D eigenvalue weighted by atomic mass is 35.5. The van der Waals surface area contributed by atoms with Gasteiger partial charge in [-0.2, -0.15) is 0 Å². The monoisotopic (exact) mass is 354 g/mol. The summed E-state index contributed by atoms with van der Waals surface area (Å²) in [4.78, 5) is 9.33. The molecule has 1 saturated carbocycles. The van der Waals surface area contributed by atoms with Gasteiger partial charge in [0.25, 0.3) is 0 Å². The molecule has 2 nitrogen and oxygen atoms in total. The zero-order chi connectivity index (χ0) is 17.5. The van der Waals surface area contributed by atoms with Crippen molar-refractivity contribution in [2.75, 3.05) is 0 Å². The maximum absolute atomic E-state index is 5.69. The summed E-state index contributed by atoms with van der Waals surface area (Å²) >= 11 is 5.69. The van der Waals surface area contributed by atoms with Gasteiger partial charge in [0.05, 0.1) is 0 Å². The Hall–Kier alpha value is -1.67. The van der Waals surface area contributed by atoms with Gasteiger partial charge in [-0.3, -0.25) is 0 Å². The van der Waals surface area contributed by atoms with E-state index in [0.29, 0.717) is 11.8 Å². The average molecular weight is 355 g/mol. The number of allylic oxidation sites excluding steroid dienone is 1. The predicted molar refractivity (Wildman–Crippen MR) is 106 cm³/mol. The zero-order valence-corrected chi connectivity index (χ0v) is 15.8. The number of nitrogens with zero attached hydrogens (tertiary/aromatic N) is 2. The molecule has 1 heterocycles. The normalized spacial score (nSPS) is 20.9. The minimum atomic E-state index is 0.491. The molecule has 0 atom stereocenters. The van der Waals surface area contributed by atoms with Crippen LogP contribution in [0.3, 0.4) is 0 Å². The van der Waals surface area contributed by atoms with Crippen molar-refractivity contribution in [1.82, 2.24) is 9.97 Å². The van der Waals surface area contributed by atoms with Crippen LogP contribution in [0.4, 0.5) is 0 Å². The van der Waals surface area contributed by atoms with Gasteiger partial charge in [-0.1, -0.05) is 55.3 Å². The van der Waals surface area contributed by atoms with Crippen molar-refractivity contribution in [1.29, 1.82) is 0 Å². The SMILES string of the molecule is CCCCc1ccc(-c2cnc(C3CCC(/C=C/Cl)CC3)nc2)cc1. The van der Waals surface area contributed by atoms with Gasteiger partial charge >= 0.3 is 0 Å². The van der Waals surface area contributed by atoms with Gasteiger partial charge in [0, 0.05) is 29.4 Å². The fraction of sp³-hybridized carbons (Fsp3) is 0.455. The Balaban J connectivity index is 1.62. The zero-order valence-electron chi connectivity index (χ0n) is 15.0. The summed E-state index contributed by atoms with van der Waals surface area (Å²) in [6.07, 6.45) is 14.4. The molecule has 0 unspecified atom stereocenters. The lowest BCUT2D eigenvalue weighted by atomic mass is 9.81. The lowest BCUT2D eigenvalue weighted by Gasteiger charge is -2.25. The van der Waals surface area contributed by atoms with Crippen LogP contribution in [0.5, 0.6) is 0 Å². The van der Waals surface area contributed by atoms with Crippen LogP contribution in [0.2, 0.25) is 0 Å². The van der Waals surface area contributed by atoms with Gasteiger partial charge < -0.3 is 0 Å². The third-order valence-electron chi connectivity index (χ3n) is 5.26. The van der Waals surface area contributed by atoms with E-state index in [0.717, 1.165) is 30.7 Å². The third kappa shape index (κ3) is 4.92. The topological polar surface area (TPSA) is 25.8 Å². The smallest absolute Gasteiger partial charge is 0.131 e. The van der Waals surface area contributed by atoms with Crippen LogP contribution in [0, 0.1) is 5.92 Å². The van der Waals surface area contributed by atoms with Crippen molar-refractivity contribution in [3.63, 3.8) is 0 Å². The van der Waals surface area contributed by atoms with Gasteiger partial charge in [-0.05, 0) is 55.6 Å². The molecule has 3 rings (SSSR count). The number of hydrogen-bond donors (Lipinski definition) is 0. The molecule has 0 spiro atoms. The van der Waals surface area contributed by atoms with Gasteiger partial charge in [-0.25, -0.2) is 9.97 Å². The molecule has 132 valence electrons. The molecule has 0 saturated heterocycles. The number of aromatic nitrogens is 2. The summed E-state index contributed by atoms with van der Waals surface area (Å²) < 4.78 is 0. The molecule has 1 aliphatic carbocycles. The molecule has 3 heteroatoms. The Kier molecular flexibility index (Phi) is 6.63. The largest absolute Gasteiger partial charge is 0.240 e. The number of benzene rings is 1. The summed E-state index contributed by atoms with van der Waals surface area (Å²) in [5.41, 5.74) is 5.36. The number of rotatable bonds is 6. The first kappa shape index (κ1) is 18.1. The van der Waals surface area contributed by atoms with E-state index < -0.39 is 0 Å². The quantitative estimate of drug-likeness (QED) is 0.590. The maximum Gasteiger partial charge on any atom is 0.131 e. The van der Waals surface area contributed by atoms with Crippen molar-refractivity contribution in [3.05, 3.63) is 59.7 Å². The lowest BCUT2D eigenvalue weighted by Crippen LogP contribution is -2.13. The van der Waals surface area contributed by atoms with Crippen LogP contribution >= 0.6 is 11.6 Å². The van der Waals surface area contributed by atoms with Crippen molar-refractivity contribution in [2.24, 2.45) is 5.92 Å². The second kappa shape index (κ2) is 9.15. The summed E-state index contributed by atoms with van der Waals surface area (Å²) in [7, 11) is 0. The predicted octanol–water partition coefficient (Wildman–Crippen LogP) is 6.51. The third-order valence-corrected chi connectivity index (χ3v) is 5.41. The number of aryl methyl sites for hydroxylation is 1. The summed E-state index contributed by atoms with van der Waals surface area (Å²) in [6.45, 7) is 2.23. The molecule has 0 bridgehead atoms. The molecule has 0 radical (unpaired) electrons. The van der Waals surface area contributed by atoms with Crippen molar-refractivity contribution in [2.45, 2.75) is 57.8 Å². The van der Waals surface area contributed by atoms with Crippen LogP contribution in [0.15, 0.2) is 48.3 Å². The van der Waals surface area contributed by atoms with Crippen LogP contribution in [0.25, 0.3) is 11.1 Å². The van der Waals surface area contributed by atoms with E-state index in [4.69, 9.17) is 11.6 Å². The molecule has 25 heavy (non-hydrogen) atoms. The molecule has 2 aromatic rings. The lowest BCUT2D eigenvalue weighted by molar-refractivity contribution is 0.366. The second-order valence-corrected chi connectivity index (χ2v) is 7.31. The van der Waals surface area contributed by atoms with E-state index in [2.05, 4.69) is 47.2 Å². The standard InChI is InChI=1S/C22H27ClN2/c1-2-3-4-17-5-9-19(10-6-17)21-15-24-22(25-16-21)20-11-7-18(8-12-20)13-14-23/h5-6,9-10,13-16,18,20H,2-4,7-8,11-12H2,1H3/b14-13+. The van der Waals surface area contributed by atoms with Crippen LogP contribution in [-0.2, 0) is 6.42 Å². The van der Waals surface area contributed by atoms with Crippen molar-refractivity contribution < 1.29 is 0 Å². The van der Waals surface area contributed by atoms with E-state index in [1.54, 1.807) is 5.54 Å². The number of halogens is 1. The first-order valence-electron chi connectivity index (χ1n) is 9.48. The van der Waals surface area contributed by atoms with Crippen molar-refractivity contribution in [3.8, 4) is 11.1 Å². The van der Waals surface area contributed by atoms with Gasteiger partial charge in [-0.15, -0.1) is 0 Å². The number of unbranched alkanes of at least 4 members (excludes halogenated alkanes) is 1. The van der Waals surface area contributed by atoms with Gasteiger partial charge in [0.15, 0.2) is 0 Å². The Morgan fingerprint density at radius 1 is 1.00 bits per heavy atom. The molecule has 1 aromatic heterocycles. The Labute approximate surface area is 156 Å². The van der Waals surface area contributed by atoms with E-state index in [-0.39, 0.29) is 0 Å². The van der Waals surface area contributed by atoms with E-state index in [1.807, 2.05) is 12.4 Å². The maximum atomic E-state index is 5.69. The fourth-order valence-electron chi connectivity index (χ4n) is 3.62. The fourth-order valence-corrected chi connectivity index (χ4v) is 3.82. The minimum Gasteiger partial charge on any atom is -0.240 e. The molecule has 0 aliphatic heterocycles. The van der Waals surface area contributed by atoms with Crippen LogP contribution < -0.4 is 0 Å². The molecule has 1 fully saturated rings. The summed E-state index contributed by atoms with van der Waals surface area (Å²) in [6, 6.07) is 8.83. The Morgan fingerprint density at radius 3 is 2.28 bits per heavy atom. The molecule has 1 aliphatic rings. The molecular formula is C22H27ClN2. The van der Waals surface area contributed by atoms with E-state index >= 15 is 0 Å². The minimum absolute atomic E-state index is 0.491. The van der Waals surface area contributed by atoms with Crippen molar-refractivity contribution >= 4 is 11.6 Å². The van der Waals surface area contributed by atoms with E-state index in [9.17, 15) is 0 Å². The molecule has 1 aromatic carbocycles. The molecular weight excluding hydrogens is 328 g/mol. The first-order valence-corrected chi connectivity index (χ1v) is 9.92. The Bertz CT molecular complexity index is 668. The van der Waals surface area contributed by atoms with Crippen LogP contribution in [-0.4, -0.2) is 9.97 Å². The number of hydrogen-bond acceptors (Lipinski definition) is 2. The average Bonchev–Trinajstić information content (AvgIpc) is 2.68. The highest BCUT2D eigenvalue weighted by Crippen LogP contribution is 2.35. The second-order valence-electron chi connectivity index (χ2n) is 7.06. The highest BCUT2D eigenvalue weighted by molar-refractivity contribution is 6.25. The first-order chi connectivity index (χ1) is 12.3.